The minimum atomic E-state index is -0.0454. The Morgan fingerprint density at radius 3 is 2.61 bits per heavy atom. The van der Waals surface area contributed by atoms with E-state index in [1.165, 1.54) is 31.5 Å². The Morgan fingerprint density at radius 1 is 1.22 bits per heavy atom. The standard InChI is InChI=1S/C19H26N2O2/c1-15-4-6-16(7-5-15)10-18(22)21-13-19(14-21)11-17(12-23-19)20-8-2-3-9-20/h4-7,17H,2-3,8-14H2,1H3/t17-/m0/s1. The molecule has 1 aromatic rings. The van der Waals surface area contributed by atoms with E-state index >= 15 is 0 Å². The van der Waals surface area contributed by atoms with Gasteiger partial charge in [-0.3, -0.25) is 9.69 Å². The number of hydrogen-bond donors (Lipinski definition) is 0. The molecule has 124 valence electrons. The molecular formula is C19H26N2O2. The van der Waals surface area contributed by atoms with E-state index in [4.69, 9.17) is 4.74 Å². The van der Waals surface area contributed by atoms with Gasteiger partial charge in [0.15, 0.2) is 0 Å². The summed E-state index contributed by atoms with van der Waals surface area (Å²) in [6.45, 7) is 6.92. The normalized spacial score (nSPS) is 26.7. The highest BCUT2D eigenvalue weighted by molar-refractivity contribution is 5.80. The molecular weight excluding hydrogens is 288 g/mol. The van der Waals surface area contributed by atoms with Gasteiger partial charge in [0.05, 0.1) is 26.1 Å². The van der Waals surface area contributed by atoms with Crippen LogP contribution in [-0.2, 0) is 16.0 Å². The van der Waals surface area contributed by atoms with E-state index in [-0.39, 0.29) is 11.5 Å². The van der Waals surface area contributed by atoms with E-state index in [1.807, 2.05) is 4.90 Å². The average Bonchev–Trinajstić information content (AvgIpc) is 3.16. The van der Waals surface area contributed by atoms with Crippen molar-refractivity contribution in [2.75, 3.05) is 32.8 Å². The molecule has 4 heteroatoms. The van der Waals surface area contributed by atoms with Crippen molar-refractivity contribution in [3.8, 4) is 0 Å². The van der Waals surface area contributed by atoms with Crippen LogP contribution in [0.15, 0.2) is 24.3 Å². The van der Waals surface area contributed by atoms with E-state index < -0.39 is 0 Å². The second kappa shape index (κ2) is 5.91. The lowest BCUT2D eigenvalue weighted by Gasteiger charge is -2.47. The molecule has 3 saturated heterocycles. The topological polar surface area (TPSA) is 32.8 Å². The van der Waals surface area contributed by atoms with Crippen LogP contribution in [0.3, 0.4) is 0 Å². The number of nitrogens with zero attached hydrogens (tertiary/aromatic N) is 2. The lowest BCUT2D eigenvalue weighted by Crippen LogP contribution is -2.63. The minimum absolute atomic E-state index is 0.0454. The number of hydrogen-bond acceptors (Lipinski definition) is 3. The molecule has 1 aromatic carbocycles. The lowest BCUT2D eigenvalue weighted by molar-refractivity contribution is -0.157. The molecule has 4 rings (SSSR count). The van der Waals surface area contributed by atoms with Gasteiger partial charge in [-0.25, -0.2) is 0 Å². The Balaban J connectivity index is 1.29. The molecule has 3 fully saturated rings. The van der Waals surface area contributed by atoms with E-state index in [0.717, 1.165) is 31.7 Å². The van der Waals surface area contributed by atoms with Gasteiger partial charge in [0.1, 0.15) is 5.60 Å². The zero-order valence-electron chi connectivity index (χ0n) is 14.0. The maximum absolute atomic E-state index is 12.4. The number of likely N-dealkylation sites (tertiary alicyclic amines) is 2. The number of aryl methyl sites for hydroxylation is 1. The molecule has 3 aliphatic rings. The Kier molecular flexibility index (Phi) is 3.90. The van der Waals surface area contributed by atoms with E-state index in [1.54, 1.807) is 0 Å². The second-order valence-electron chi connectivity index (χ2n) is 7.51. The third kappa shape index (κ3) is 3.02. The van der Waals surface area contributed by atoms with Crippen LogP contribution >= 0.6 is 0 Å². The smallest absolute Gasteiger partial charge is 0.227 e. The van der Waals surface area contributed by atoms with Gasteiger partial charge in [0.2, 0.25) is 5.91 Å². The van der Waals surface area contributed by atoms with Gasteiger partial charge in [0, 0.05) is 6.04 Å². The molecule has 0 aliphatic carbocycles. The summed E-state index contributed by atoms with van der Waals surface area (Å²) in [6.07, 6.45) is 4.25. The molecule has 0 N–H and O–H groups in total. The number of ether oxygens (including phenoxy) is 1. The van der Waals surface area contributed by atoms with Crippen LogP contribution in [0.4, 0.5) is 0 Å². The van der Waals surface area contributed by atoms with Gasteiger partial charge in [-0.05, 0) is 44.8 Å². The first-order valence-electron chi connectivity index (χ1n) is 8.85. The molecule has 1 spiro atoms. The van der Waals surface area contributed by atoms with Crippen LogP contribution in [0, 0.1) is 6.92 Å². The van der Waals surface area contributed by atoms with E-state index in [0.29, 0.717) is 12.5 Å². The summed E-state index contributed by atoms with van der Waals surface area (Å²) in [4.78, 5) is 17.0. The van der Waals surface area contributed by atoms with Crippen molar-refractivity contribution in [1.82, 2.24) is 9.80 Å². The molecule has 0 aromatic heterocycles. The molecule has 1 amide bonds. The van der Waals surface area contributed by atoms with Crippen LogP contribution in [0.5, 0.6) is 0 Å². The van der Waals surface area contributed by atoms with Gasteiger partial charge in [-0.1, -0.05) is 29.8 Å². The van der Waals surface area contributed by atoms with Gasteiger partial charge in [0.25, 0.3) is 0 Å². The molecule has 0 saturated carbocycles. The fourth-order valence-electron chi connectivity index (χ4n) is 4.20. The maximum atomic E-state index is 12.4. The number of rotatable bonds is 3. The Labute approximate surface area is 138 Å². The fraction of sp³-hybridized carbons (Fsp3) is 0.632. The predicted octanol–water partition coefficient (Wildman–Crippen LogP) is 2.00. The first-order valence-corrected chi connectivity index (χ1v) is 8.85. The summed E-state index contributed by atoms with van der Waals surface area (Å²) in [5.41, 5.74) is 2.29. The third-order valence-corrected chi connectivity index (χ3v) is 5.63. The van der Waals surface area contributed by atoms with Gasteiger partial charge >= 0.3 is 0 Å². The molecule has 0 bridgehead atoms. The van der Waals surface area contributed by atoms with Crippen LogP contribution in [-0.4, -0.2) is 60.1 Å². The van der Waals surface area contributed by atoms with Gasteiger partial charge < -0.3 is 9.64 Å². The summed E-state index contributed by atoms with van der Waals surface area (Å²) in [5.74, 6) is 0.229. The van der Waals surface area contributed by atoms with Crippen molar-refractivity contribution in [3.63, 3.8) is 0 Å². The van der Waals surface area contributed by atoms with Gasteiger partial charge in [-0.15, -0.1) is 0 Å². The Bertz CT molecular complexity index is 572. The molecule has 3 heterocycles. The molecule has 0 unspecified atom stereocenters. The van der Waals surface area contributed by atoms with Crippen molar-refractivity contribution in [1.29, 1.82) is 0 Å². The highest BCUT2D eigenvalue weighted by atomic mass is 16.5. The molecule has 1 atom stereocenters. The van der Waals surface area contributed by atoms with Gasteiger partial charge in [-0.2, -0.15) is 0 Å². The van der Waals surface area contributed by atoms with Crippen LogP contribution in [0.2, 0.25) is 0 Å². The minimum Gasteiger partial charge on any atom is -0.370 e. The number of benzene rings is 1. The highest BCUT2D eigenvalue weighted by Gasteiger charge is 2.52. The number of carbonyl (C=O) groups excluding carboxylic acids is 1. The van der Waals surface area contributed by atoms with Crippen molar-refractivity contribution in [2.24, 2.45) is 0 Å². The number of amides is 1. The van der Waals surface area contributed by atoms with E-state index in [9.17, 15) is 4.79 Å². The average molecular weight is 314 g/mol. The summed E-state index contributed by atoms with van der Waals surface area (Å²) in [6, 6.07) is 8.82. The zero-order chi connectivity index (χ0) is 15.9. The summed E-state index contributed by atoms with van der Waals surface area (Å²) in [7, 11) is 0. The summed E-state index contributed by atoms with van der Waals surface area (Å²) >= 11 is 0. The third-order valence-electron chi connectivity index (χ3n) is 5.63. The Morgan fingerprint density at radius 2 is 1.91 bits per heavy atom. The van der Waals surface area contributed by atoms with Crippen molar-refractivity contribution in [3.05, 3.63) is 35.4 Å². The first kappa shape index (κ1) is 15.2. The number of carbonyl (C=O) groups is 1. The van der Waals surface area contributed by atoms with Crippen LogP contribution < -0.4 is 0 Å². The van der Waals surface area contributed by atoms with Crippen LogP contribution in [0.25, 0.3) is 0 Å². The predicted molar refractivity (Wildman–Crippen MR) is 89.4 cm³/mol. The Hall–Kier alpha value is -1.39. The lowest BCUT2D eigenvalue weighted by atomic mass is 9.88. The largest absolute Gasteiger partial charge is 0.370 e. The maximum Gasteiger partial charge on any atom is 0.227 e. The summed E-state index contributed by atoms with van der Waals surface area (Å²) in [5, 5.41) is 0. The fourth-order valence-corrected chi connectivity index (χ4v) is 4.20. The second-order valence-corrected chi connectivity index (χ2v) is 7.51. The molecule has 4 nitrogen and oxygen atoms in total. The highest BCUT2D eigenvalue weighted by Crippen LogP contribution is 2.37. The molecule has 0 radical (unpaired) electrons. The zero-order valence-corrected chi connectivity index (χ0v) is 14.0. The van der Waals surface area contributed by atoms with Crippen LogP contribution in [0.1, 0.15) is 30.4 Å². The molecule has 23 heavy (non-hydrogen) atoms. The van der Waals surface area contributed by atoms with Crippen molar-refractivity contribution >= 4 is 5.91 Å². The van der Waals surface area contributed by atoms with Crippen molar-refractivity contribution in [2.45, 2.75) is 44.2 Å². The van der Waals surface area contributed by atoms with Crippen molar-refractivity contribution < 1.29 is 9.53 Å². The SMILES string of the molecule is Cc1ccc(CC(=O)N2CC3(C[C@H](N4CCCC4)CO3)C2)cc1. The summed E-state index contributed by atoms with van der Waals surface area (Å²) < 4.78 is 6.11. The first-order chi connectivity index (χ1) is 11.1. The molecule has 3 aliphatic heterocycles. The quantitative estimate of drug-likeness (QED) is 0.855. The van der Waals surface area contributed by atoms with E-state index in [2.05, 4.69) is 36.1 Å². The monoisotopic (exact) mass is 314 g/mol.